The molecule has 3 aromatic heterocycles. The van der Waals surface area contributed by atoms with Crippen LogP contribution in [0.4, 0.5) is 13.2 Å². The van der Waals surface area contributed by atoms with Crippen LogP contribution in [0.3, 0.4) is 0 Å². The lowest BCUT2D eigenvalue weighted by molar-refractivity contribution is -0.141. The van der Waals surface area contributed by atoms with Gasteiger partial charge in [-0.25, -0.2) is 0 Å². The Bertz CT molecular complexity index is 1140. The summed E-state index contributed by atoms with van der Waals surface area (Å²) in [5.41, 5.74) is 0.936. The van der Waals surface area contributed by atoms with Crippen molar-refractivity contribution in [3.63, 3.8) is 0 Å². The Kier molecular flexibility index (Phi) is 3.90. The van der Waals surface area contributed by atoms with Gasteiger partial charge in [0.15, 0.2) is 16.7 Å². The van der Waals surface area contributed by atoms with E-state index in [2.05, 4.69) is 25.4 Å². The second-order valence-electron chi connectivity index (χ2n) is 6.51. The van der Waals surface area contributed by atoms with Crippen molar-refractivity contribution in [3.8, 4) is 11.4 Å². The number of rotatable bonds is 4. The summed E-state index contributed by atoms with van der Waals surface area (Å²) < 4.78 is 40.1. The van der Waals surface area contributed by atoms with E-state index in [1.54, 1.807) is 0 Å². The van der Waals surface area contributed by atoms with E-state index in [9.17, 15) is 13.2 Å². The Labute approximate surface area is 161 Å². The Morgan fingerprint density at radius 3 is 2.54 bits per heavy atom. The molecule has 5 rings (SSSR count). The van der Waals surface area contributed by atoms with Gasteiger partial charge in [0, 0.05) is 28.7 Å². The van der Waals surface area contributed by atoms with E-state index in [1.807, 2.05) is 35.0 Å². The molecule has 1 saturated carbocycles. The lowest BCUT2D eigenvalue weighted by Crippen LogP contribution is -2.09. The monoisotopic (exact) mass is 402 g/mol. The minimum Gasteiger partial charge on any atom is -0.360 e. The van der Waals surface area contributed by atoms with Gasteiger partial charge in [-0.05, 0) is 42.8 Å². The molecule has 0 atom stereocenters. The summed E-state index contributed by atoms with van der Waals surface area (Å²) in [6.07, 6.45) is -0.577. The van der Waals surface area contributed by atoms with E-state index in [1.165, 1.54) is 6.07 Å². The summed E-state index contributed by atoms with van der Waals surface area (Å²) in [6, 6.07) is 10.4. The average molecular weight is 402 g/mol. The Morgan fingerprint density at radius 2 is 1.82 bits per heavy atom. The number of fused-ring (bicyclic) bond motifs is 1. The molecule has 0 saturated heterocycles. The van der Waals surface area contributed by atoms with Crippen LogP contribution in [-0.4, -0.2) is 29.9 Å². The molecular formula is C18H13F3N6S. The van der Waals surface area contributed by atoms with Gasteiger partial charge >= 0.3 is 6.18 Å². The van der Waals surface area contributed by atoms with Gasteiger partial charge in [-0.2, -0.15) is 13.2 Å². The lowest BCUT2D eigenvalue weighted by Gasteiger charge is -2.08. The maximum absolute atomic E-state index is 12.7. The zero-order valence-electron chi connectivity index (χ0n) is 14.3. The quantitative estimate of drug-likeness (QED) is 0.535. The minimum absolute atomic E-state index is 0.281. The molecular weight excluding hydrogens is 389 g/mol. The number of halogens is 3. The zero-order chi connectivity index (χ0) is 19.3. The highest BCUT2D eigenvalue weighted by Crippen LogP contribution is 2.43. The third-order valence-electron chi connectivity index (χ3n) is 4.53. The van der Waals surface area contributed by atoms with Gasteiger partial charge in [-0.15, -0.1) is 20.4 Å². The van der Waals surface area contributed by atoms with Crippen LogP contribution < -0.4 is 0 Å². The molecule has 28 heavy (non-hydrogen) atoms. The van der Waals surface area contributed by atoms with Gasteiger partial charge in [0.05, 0.1) is 0 Å². The summed E-state index contributed by atoms with van der Waals surface area (Å²) in [4.78, 5) is 3.24. The second-order valence-corrected chi connectivity index (χ2v) is 7.50. The number of benzene rings is 1. The van der Waals surface area contributed by atoms with Gasteiger partial charge in [-0.3, -0.25) is 4.57 Å². The van der Waals surface area contributed by atoms with Crippen molar-refractivity contribution in [3.05, 3.63) is 48.3 Å². The molecule has 0 aliphatic heterocycles. The zero-order valence-corrected chi connectivity index (χ0v) is 15.1. The summed E-state index contributed by atoms with van der Waals surface area (Å²) in [6.45, 7) is 0. The van der Waals surface area contributed by atoms with Gasteiger partial charge in [0.1, 0.15) is 5.03 Å². The fourth-order valence-electron chi connectivity index (χ4n) is 3.07. The average Bonchev–Trinajstić information content (AvgIpc) is 3.29. The van der Waals surface area contributed by atoms with Crippen LogP contribution in [0.2, 0.25) is 0 Å². The number of hydrogen-bond donors (Lipinski definition) is 1. The molecule has 1 aliphatic rings. The van der Waals surface area contributed by atoms with Crippen LogP contribution in [0, 0.1) is 0 Å². The number of aromatic amines is 1. The van der Waals surface area contributed by atoms with Gasteiger partial charge in [-0.1, -0.05) is 18.2 Å². The van der Waals surface area contributed by atoms with E-state index in [0.717, 1.165) is 53.0 Å². The van der Waals surface area contributed by atoms with Crippen molar-refractivity contribution < 1.29 is 13.2 Å². The first-order valence-corrected chi connectivity index (χ1v) is 9.42. The summed E-state index contributed by atoms with van der Waals surface area (Å²) in [5.74, 6) is 0.738. The number of alkyl halides is 3. The van der Waals surface area contributed by atoms with E-state index in [0.29, 0.717) is 10.2 Å². The number of nitrogens with one attached hydrogen (secondary N) is 1. The molecule has 10 heteroatoms. The fourth-order valence-corrected chi connectivity index (χ4v) is 3.89. The first-order valence-electron chi connectivity index (χ1n) is 8.61. The van der Waals surface area contributed by atoms with Crippen molar-refractivity contribution in [2.75, 3.05) is 0 Å². The Morgan fingerprint density at radius 1 is 1.00 bits per heavy atom. The third kappa shape index (κ3) is 3.03. The van der Waals surface area contributed by atoms with Crippen LogP contribution in [0.1, 0.15) is 24.6 Å². The molecule has 4 aromatic rings. The smallest absolute Gasteiger partial charge is 0.360 e. The molecule has 6 nitrogen and oxygen atoms in total. The first-order chi connectivity index (χ1) is 13.5. The van der Waals surface area contributed by atoms with Crippen molar-refractivity contribution in [1.82, 2.24) is 29.9 Å². The van der Waals surface area contributed by atoms with E-state index >= 15 is 0 Å². The lowest BCUT2D eigenvalue weighted by atomic mass is 10.1. The molecule has 0 bridgehead atoms. The number of aromatic nitrogens is 6. The number of para-hydroxylation sites is 1. The van der Waals surface area contributed by atoms with Crippen molar-refractivity contribution >= 4 is 22.7 Å². The van der Waals surface area contributed by atoms with E-state index < -0.39 is 11.9 Å². The van der Waals surface area contributed by atoms with Crippen LogP contribution in [0.25, 0.3) is 22.3 Å². The van der Waals surface area contributed by atoms with Crippen LogP contribution in [-0.2, 0) is 6.18 Å². The maximum atomic E-state index is 12.7. The highest BCUT2D eigenvalue weighted by Gasteiger charge is 2.34. The van der Waals surface area contributed by atoms with Crippen LogP contribution in [0.15, 0.2) is 52.8 Å². The van der Waals surface area contributed by atoms with Crippen molar-refractivity contribution in [2.45, 2.75) is 35.2 Å². The molecule has 1 N–H and O–H groups in total. The highest BCUT2D eigenvalue weighted by atomic mass is 32.2. The Balaban J connectivity index is 1.51. The van der Waals surface area contributed by atoms with E-state index in [-0.39, 0.29) is 6.04 Å². The molecule has 1 fully saturated rings. The first kappa shape index (κ1) is 17.2. The number of nitrogens with zero attached hydrogens (tertiary/aromatic N) is 5. The predicted molar refractivity (Wildman–Crippen MR) is 96.7 cm³/mol. The molecule has 1 aliphatic carbocycles. The minimum atomic E-state index is -4.51. The third-order valence-corrected chi connectivity index (χ3v) is 5.42. The SMILES string of the molecule is FC(F)(F)c1ccc(Sc2nnc(-c3c[nH]c4ccccc34)n2C2CC2)nn1. The molecule has 0 radical (unpaired) electrons. The normalized spacial score (nSPS) is 14.7. The van der Waals surface area contributed by atoms with Gasteiger partial charge < -0.3 is 4.98 Å². The van der Waals surface area contributed by atoms with E-state index in [4.69, 9.17) is 0 Å². The van der Waals surface area contributed by atoms with Crippen molar-refractivity contribution in [2.24, 2.45) is 0 Å². The predicted octanol–water partition coefficient (Wildman–Crippen LogP) is 4.72. The fraction of sp³-hybridized carbons (Fsp3) is 0.222. The molecule has 1 aromatic carbocycles. The standard InChI is InChI=1S/C18H13F3N6S/c19-18(20,21)14-7-8-15(24-23-14)28-17-26-25-16(27(17)10-5-6-10)12-9-22-13-4-2-1-3-11(12)13/h1-4,7-10,22H,5-6H2. The van der Waals surface area contributed by atoms with Crippen molar-refractivity contribution in [1.29, 1.82) is 0 Å². The number of hydrogen-bond acceptors (Lipinski definition) is 5. The van der Waals surface area contributed by atoms with Gasteiger partial charge in [0.2, 0.25) is 0 Å². The second kappa shape index (κ2) is 6.33. The summed E-state index contributed by atoms with van der Waals surface area (Å²) in [7, 11) is 0. The topological polar surface area (TPSA) is 72.3 Å². The summed E-state index contributed by atoms with van der Waals surface area (Å²) >= 11 is 1.16. The largest absolute Gasteiger partial charge is 0.435 e. The molecule has 0 amide bonds. The molecule has 0 spiro atoms. The number of H-pyrrole nitrogens is 1. The molecule has 3 heterocycles. The van der Waals surface area contributed by atoms with Crippen LogP contribution in [0.5, 0.6) is 0 Å². The molecule has 142 valence electrons. The highest BCUT2D eigenvalue weighted by molar-refractivity contribution is 7.99. The summed E-state index contributed by atoms with van der Waals surface area (Å²) in [5, 5.41) is 17.6. The Hall–Kier alpha value is -2.88. The van der Waals surface area contributed by atoms with Crippen LogP contribution >= 0.6 is 11.8 Å². The molecule has 0 unspecified atom stereocenters. The maximum Gasteiger partial charge on any atom is 0.435 e. The van der Waals surface area contributed by atoms with Gasteiger partial charge in [0.25, 0.3) is 0 Å².